The van der Waals surface area contributed by atoms with E-state index in [1.807, 2.05) is 13.1 Å². The number of carbonyl (C=O) groups is 1. The molecule has 25 heavy (non-hydrogen) atoms. The van der Waals surface area contributed by atoms with Gasteiger partial charge < -0.3 is 10.1 Å². The summed E-state index contributed by atoms with van der Waals surface area (Å²) in [5.41, 5.74) is 2.24. The van der Waals surface area contributed by atoms with E-state index in [4.69, 9.17) is 4.74 Å². The van der Waals surface area contributed by atoms with Gasteiger partial charge in [-0.3, -0.25) is 19.6 Å². The number of carbonyl (C=O) groups excluding carboxylic acids is 1. The average Bonchev–Trinajstić information content (AvgIpc) is 2.86. The summed E-state index contributed by atoms with van der Waals surface area (Å²) in [7, 11) is 1.74. The summed E-state index contributed by atoms with van der Waals surface area (Å²) in [6, 6.07) is 4.73. The Morgan fingerprint density at radius 1 is 1.28 bits per heavy atom. The SMILES string of the molecule is CNC(=O)C1CN(Cc2ccc(C)nc2)CCN(C2CCOCC2)C1. The van der Waals surface area contributed by atoms with Crippen LogP contribution in [0.15, 0.2) is 18.3 Å². The third kappa shape index (κ3) is 5.00. The van der Waals surface area contributed by atoms with E-state index >= 15 is 0 Å². The van der Waals surface area contributed by atoms with Gasteiger partial charge in [0.15, 0.2) is 0 Å². The molecular weight excluding hydrogens is 316 g/mol. The lowest BCUT2D eigenvalue weighted by molar-refractivity contribution is -0.125. The van der Waals surface area contributed by atoms with Crippen molar-refractivity contribution in [2.75, 3.05) is 46.4 Å². The normalized spacial score (nSPS) is 24.0. The third-order valence-corrected chi connectivity index (χ3v) is 5.34. The molecule has 0 aromatic carbocycles. The molecule has 6 nitrogen and oxygen atoms in total. The molecular formula is C19H30N4O2. The standard InChI is InChI=1S/C19H30N4O2/c1-15-3-4-16(11-21-15)12-22-7-8-23(18-5-9-25-10-6-18)14-17(13-22)19(24)20-2/h3-4,11,17-18H,5-10,12-14H2,1-2H3,(H,20,24). The number of hydrogen-bond acceptors (Lipinski definition) is 5. The second-order valence-electron chi connectivity index (χ2n) is 7.19. The van der Waals surface area contributed by atoms with E-state index < -0.39 is 0 Å². The molecule has 138 valence electrons. The molecule has 1 unspecified atom stereocenters. The molecule has 6 heteroatoms. The quantitative estimate of drug-likeness (QED) is 0.883. The van der Waals surface area contributed by atoms with E-state index in [0.29, 0.717) is 6.04 Å². The number of aryl methyl sites for hydroxylation is 1. The number of rotatable bonds is 4. The van der Waals surface area contributed by atoms with Gasteiger partial charge in [0.2, 0.25) is 5.91 Å². The molecule has 0 saturated carbocycles. The van der Waals surface area contributed by atoms with Crippen molar-refractivity contribution in [1.29, 1.82) is 0 Å². The van der Waals surface area contributed by atoms with Gasteiger partial charge in [0.25, 0.3) is 0 Å². The lowest BCUT2D eigenvalue weighted by Gasteiger charge is -2.34. The molecule has 0 aliphatic carbocycles. The molecule has 2 fully saturated rings. The van der Waals surface area contributed by atoms with Crippen molar-refractivity contribution >= 4 is 5.91 Å². The number of aromatic nitrogens is 1. The molecule has 2 aliphatic heterocycles. The maximum Gasteiger partial charge on any atom is 0.225 e. The molecule has 1 N–H and O–H groups in total. The van der Waals surface area contributed by atoms with E-state index in [9.17, 15) is 4.79 Å². The Morgan fingerprint density at radius 2 is 2.08 bits per heavy atom. The number of nitrogens with zero attached hydrogens (tertiary/aromatic N) is 3. The Bertz CT molecular complexity index is 557. The lowest BCUT2D eigenvalue weighted by Crippen LogP contribution is -2.45. The number of amides is 1. The second kappa shape index (κ2) is 8.74. The first-order valence-corrected chi connectivity index (χ1v) is 9.33. The number of hydrogen-bond donors (Lipinski definition) is 1. The van der Waals surface area contributed by atoms with Gasteiger partial charge in [-0.2, -0.15) is 0 Å². The fourth-order valence-corrected chi connectivity index (χ4v) is 3.85. The zero-order valence-electron chi connectivity index (χ0n) is 15.4. The molecule has 1 aromatic rings. The molecule has 1 aromatic heterocycles. The molecule has 1 amide bonds. The molecule has 1 atom stereocenters. The summed E-state index contributed by atoms with van der Waals surface area (Å²) in [6.45, 7) is 8.16. The van der Waals surface area contributed by atoms with Gasteiger partial charge in [-0.25, -0.2) is 0 Å². The van der Waals surface area contributed by atoms with Crippen LogP contribution in [0, 0.1) is 12.8 Å². The van der Waals surface area contributed by atoms with Gasteiger partial charge >= 0.3 is 0 Å². The fraction of sp³-hybridized carbons (Fsp3) is 0.684. The molecule has 0 bridgehead atoms. The van der Waals surface area contributed by atoms with Crippen LogP contribution < -0.4 is 5.32 Å². The van der Waals surface area contributed by atoms with Gasteiger partial charge in [-0.05, 0) is 31.4 Å². The Balaban J connectivity index is 1.68. The molecule has 3 rings (SSSR count). The molecule has 3 heterocycles. The minimum atomic E-state index is 0.00810. The van der Waals surface area contributed by atoms with Crippen molar-refractivity contribution in [2.24, 2.45) is 5.92 Å². The number of nitrogens with one attached hydrogen (secondary N) is 1. The minimum absolute atomic E-state index is 0.00810. The first-order chi connectivity index (χ1) is 12.2. The largest absolute Gasteiger partial charge is 0.381 e. The van der Waals surface area contributed by atoms with Crippen LogP contribution in [0.25, 0.3) is 0 Å². The van der Waals surface area contributed by atoms with Crippen molar-refractivity contribution in [1.82, 2.24) is 20.1 Å². The van der Waals surface area contributed by atoms with Crippen molar-refractivity contribution in [3.05, 3.63) is 29.6 Å². The average molecular weight is 346 g/mol. The predicted molar refractivity (Wildman–Crippen MR) is 97.2 cm³/mol. The zero-order chi connectivity index (χ0) is 17.6. The maximum atomic E-state index is 12.4. The molecule has 2 saturated heterocycles. The van der Waals surface area contributed by atoms with Crippen molar-refractivity contribution in [3.63, 3.8) is 0 Å². The van der Waals surface area contributed by atoms with Gasteiger partial charge in [0, 0.05) is 70.9 Å². The van der Waals surface area contributed by atoms with Crippen LogP contribution in [0.1, 0.15) is 24.1 Å². The molecule has 0 radical (unpaired) electrons. The van der Waals surface area contributed by atoms with Crippen LogP contribution in [0.3, 0.4) is 0 Å². The van der Waals surface area contributed by atoms with Crippen LogP contribution in [0.5, 0.6) is 0 Å². The second-order valence-corrected chi connectivity index (χ2v) is 7.19. The highest BCUT2D eigenvalue weighted by atomic mass is 16.5. The highest BCUT2D eigenvalue weighted by Gasteiger charge is 2.31. The fourth-order valence-electron chi connectivity index (χ4n) is 3.85. The lowest BCUT2D eigenvalue weighted by atomic mass is 10.0. The van der Waals surface area contributed by atoms with Crippen molar-refractivity contribution < 1.29 is 9.53 Å². The Labute approximate surface area is 150 Å². The van der Waals surface area contributed by atoms with Gasteiger partial charge in [-0.1, -0.05) is 6.07 Å². The van der Waals surface area contributed by atoms with Crippen molar-refractivity contribution in [3.8, 4) is 0 Å². The highest BCUT2D eigenvalue weighted by Crippen LogP contribution is 2.20. The number of ether oxygens (including phenoxy) is 1. The summed E-state index contributed by atoms with van der Waals surface area (Å²) in [5, 5.41) is 2.85. The van der Waals surface area contributed by atoms with Gasteiger partial charge in [0.05, 0.1) is 5.92 Å². The Morgan fingerprint density at radius 3 is 2.76 bits per heavy atom. The third-order valence-electron chi connectivity index (χ3n) is 5.34. The number of pyridine rings is 1. The van der Waals surface area contributed by atoms with E-state index in [0.717, 1.165) is 64.5 Å². The smallest absolute Gasteiger partial charge is 0.225 e. The Hall–Kier alpha value is -1.50. The first kappa shape index (κ1) is 18.3. The van der Waals surface area contributed by atoms with Crippen LogP contribution in [-0.4, -0.2) is 73.2 Å². The van der Waals surface area contributed by atoms with Gasteiger partial charge in [0.1, 0.15) is 0 Å². The summed E-state index contributed by atoms with van der Waals surface area (Å²) >= 11 is 0. The van der Waals surface area contributed by atoms with Gasteiger partial charge in [-0.15, -0.1) is 0 Å². The van der Waals surface area contributed by atoms with E-state index in [2.05, 4.69) is 32.2 Å². The molecule has 0 spiro atoms. The summed E-state index contributed by atoms with van der Waals surface area (Å²) in [4.78, 5) is 21.7. The highest BCUT2D eigenvalue weighted by molar-refractivity contribution is 5.78. The summed E-state index contributed by atoms with van der Waals surface area (Å²) in [6.07, 6.45) is 4.09. The van der Waals surface area contributed by atoms with Crippen LogP contribution in [0.4, 0.5) is 0 Å². The van der Waals surface area contributed by atoms with Crippen LogP contribution >= 0.6 is 0 Å². The van der Waals surface area contributed by atoms with E-state index in [-0.39, 0.29) is 11.8 Å². The monoisotopic (exact) mass is 346 g/mol. The maximum absolute atomic E-state index is 12.4. The summed E-state index contributed by atoms with van der Waals surface area (Å²) in [5.74, 6) is 0.153. The Kier molecular flexibility index (Phi) is 6.39. The van der Waals surface area contributed by atoms with Crippen LogP contribution in [-0.2, 0) is 16.1 Å². The predicted octanol–water partition coefficient (Wildman–Crippen LogP) is 1.05. The van der Waals surface area contributed by atoms with Crippen LogP contribution in [0.2, 0.25) is 0 Å². The molecule has 2 aliphatic rings. The minimum Gasteiger partial charge on any atom is -0.381 e. The zero-order valence-corrected chi connectivity index (χ0v) is 15.4. The topological polar surface area (TPSA) is 57.7 Å². The van der Waals surface area contributed by atoms with Crippen molar-refractivity contribution in [2.45, 2.75) is 32.4 Å². The summed E-state index contributed by atoms with van der Waals surface area (Å²) < 4.78 is 5.50. The van der Waals surface area contributed by atoms with E-state index in [1.165, 1.54) is 5.56 Å². The van der Waals surface area contributed by atoms with E-state index in [1.54, 1.807) is 7.05 Å². The first-order valence-electron chi connectivity index (χ1n) is 9.33.